The van der Waals surface area contributed by atoms with E-state index in [9.17, 15) is 4.79 Å². The van der Waals surface area contributed by atoms with Crippen molar-refractivity contribution in [3.63, 3.8) is 0 Å². The van der Waals surface area contributed by atoms with Gasteiger partial charge >= 0.3 is 6.03 Å². The molecule has 0 saturated carbocycles. The molecule has 5 rings (SSSR count). The Morgan fingerprint density at radius 1 is 1.15 bits per heavy atom. The zero-order valence-electron chi connectivity index (χ0n) is 18.4. The molecule has 168 valence electrons. The third kappa shape index (κ3) is 4.14. The molecule has 5 heterocycles. The molecule has 2 amide bonds. The van der Waals surface area contributed by atoms with Gasteiger partial charge in [0.15, 0.2) is 0 Å². The molecule has 1 saturated heterocycles. The summed E-state index contributed by atoms with van der Waals surface area (Å²) in [5.41, 5.74) is 3.42. The maximum Gasteiger partial charge on any atom is 0.322 e. The van der Waals surface area contributed by atoms with E-state index < -0.39 is 0 Å². The number of amides is 2. The highest BCUT2D eigenvalue weighted by Gasteiger charge is 2.29. The lowest BCUT2D eigenvalue weighted by Gasteiger charge is -2.40. The number of anilines is 2. The maximum atomic E-state index is 12.8. The summed E-state index contributed by atoms with van der Waals surface area (Å²) in [6.07, 6.45) is 6.69. The zero-order chi connectivity index (χ0) is 22.8. The van der Waals surface area contributed by atoms with E-state index >= 15 is 0 Å². The Morgan fingerprint density at radius 2 is 2.00 bits per heavy atom. The van der Waals surface area contributed by atoms with Gasteiger partial charge in [-0.1, -0.05) is 0 Å². The minimum absolute atomic E-state index is 0.00594. The number of fused-ring (bicyclic) bond motifs is 1. The van der Waals surface area contributed by atoms with Gasteiger partial charge in [-0.2, -0.15) is 0 Å². The summed E-state index contributed by atoms with van der Waals surface area (Å²) in [6, 6.07) is 9.31. The van der Waals surface area contributed by atoms with Crippen LogP contribution in [0, 0.1) is 0 Å². The Hall–Kier alpha value is -4.21. The molecule has 0 radical (unpaired) electrons. The predicted octanol–water partition coefficient (Wildman–Crippen LogP) is 3.17. The van der Waals surface area contributed by atoms with Crippen LogP contribution in [-0.2, 0) is 0 Å². The topological polar surface area (TPSA) is 112 Å². The van der Waals surface area contributed by atoms with Crippen molar-refractivity contribution in [1.82, 2.24) is 29.8 Å². The minimum atomic E-state index is -0.149. The van der Waals surface area contributed by atoms with E-state index in [0.717, 1.165) is 28.1 Å². The van der Waals surface area contributed by atoms with E-state index in [-0.39, 0.29) is 12.1 Å². The molecule has 0 spiro atoms. The number of rotatable bonds is 4. The van der Waals surface area contributed by atoms with E-state index in [1.165, 1.54) is 0 Å². The monoisotopic (exact) mass is 444 g/mol. The van der Waals surface area contributed by atoms with E-state index in [2.05, 4.69) is 41.2 Å². The number of nitrogens with zero attached hydrogens (tertiary/aromatic N) is 6. The number of H-pyrrole nitrogens is 1. The Bertz CT molecular complexity index is 1260. The second-order valence-electron chi connectivity index (χ2n) is 7.89. The molecule has 0 bridgehead atoms. The molecule has 0 aliphatic carbocycles. The number of nitrogens with one attached hydrogen (secondary N) is 2. The van der Waals surface area contributed by atoms with Crippen LogP contribution < -0.4 is 15.0 Å². The first-order valence-electron chi connectivity index (χ1n) is 10.7. The number of pyridine rings is 2. The highest BCUT2D eigenvalue weighted by atomic mass is 16.5. The molecule has 0 unspecified atom stereocenters. The van der Waals surface area contributed by atoms with Gasteiger partial charge in [0.05, 0.1) is 24.4 Å². The number of hydrogen-bond donors (Lipinski definition) is 2. The van der Waals surface area contributed by atoms with Gasteiger partial charge in [-0.3, -0.25) is 4.98 Å². The molecule has 1 atom stereocenters. The summed E-state index contributed by atoms with van der Waals surface area (Å²) in [6.45, 7) is 3.94. The fourth-order valence-electron chi connectivity index (χ4n) is 4.09. The van der Waals surface area contributed by atoms with E-state index in [0.29, 0.717) is 31.2 Å². The highest BCUT2D eigenvalue weighted by Crippen LogP contribution is 2.29. The Morgan fingerprint density at radius 3 is 2.73 bits per heavy atom. The van der Waals surface area contributed by atoms with Crippen LogP contribution in [-0.4, -0.2) is 68.6 Å². The van der Waals surface area contributed by atoms with Gasteiger partial charge in [0, 0.05) is 55.4 Å². The predicted molar refractivity (Wildman–Crippen MR) is 125 cm³/mol. The van der Waals surface area contributed by atoms with Crippen LogP contribution in [0.15, 0.2) is 55.2 Å². The quantitative estimate of drug-likeness (QED) is 0.497. The Labute approximate surface area is 190 Å². The molecule has 2 N–H and O–H groups in total. The van der Waals surface area contributed by atoms with Gasteiger partial charge in [-0.25, -0.2) is 19.7 Å². The third-order valence-corrected chi connectivity index (χ3v) is 5.78. The molecular weight excluding hydrogens is 420 g/mol. The fraction of sp³-hybridized carbons (Fsp3) is 0.261. The van der Waals surface area contributed by atoms with E-state index in [4.69, 9.17) is 4.74 Å². The number of carbonyl (C=O) groups excluding carboxylic acids is 1. The average molecular weight is 444 g/mol. The Balaban J connectivity index is 1.31. The molecule has 10 heteroatoms. The van der Waals surface area contributed by atoms with Crippen molar-refractivity contribution in [2.75, 3.05) is 37.0 Å². The SMILES string of the molecule is COc1ccc(NC(=O)N2CCN(c3ncnc4[nH]c(-c5ccncc5)cc34)C[C@H]2C)cn1. The van der Waals surface area contributed by atoms with Gasteiger partial charge in [0.25, 0.3) is 0 Å². The van der Waals surface area contributed by atoms with Gasteiger partial charge in [0.2, 0.25) is 5.88 Å². The summed E-state index contributed by atoms with van der Waals surface area (Å²) >= 11 is 0. The number of urea groups is 1. The van der Waals surface area contributed by atoms with Crippen molar-refractivity contribution in [1.29, 1.82) is 0 Å². The van der Waals surface area contributed by atoms with Crippen LogP contribution in [0.2, 0.25) is 0 Å². The summed E-state index contributed by atoms with van der Waals surface area (Å²) in [4.78, 5) is 37.5. The first kappa shape index (κ1) is 20.7. The number of ether oxygens (including phenoxy) is 1. The van der Waals surface area contributed by atoms with Crippen LogP contribution in [0.4, 0.5) is 16.3 Å². The van der Waals surface area contributed by atoms with Crippen molar-refractivity contribution in [2.45, 2.75) is 13.0 Å². The summed E-state index contributed by atoms with van der Waals surface area (Å²) < 4.78 is 5.06. The van der Waals surface area contributed by atoms with Gasteiger partial charge < -0.3 is 24.8 Å². The molecular formula is C23H24N8O2. The summed E-state index contributed by atoms with van der Waals surface area (Å²) in [7, 11) is 1.56. The molecule has 1 fully saturated rings. The minimum Gasteiger partial charge on any atom is -0.481 e. The first-order valence-corrected chi connectivity index (χ1v) is 10.7. The molecule has 4 aromatic rings. The van der Waals surface area contributed by atoms with Crippen molar-refractivity contribution >= 4 is 28.6 Å². The molecule has 0 aromatic carbocycles. The van der Waals surface area contributed by atoms with Gasteiger partial charge in [-0.15, -0.1) is 0 Å². The van der Waals surface area contributed by atoms with Crippen molar-refractivity contribution in [3.8, 4) is 17.1 Å². The fourth-order valence-corrected chi connectivity index (χ4v) is 4.09. The number of aromatic nitrogens is 5. The second-order valence-corrected chi connectivity index (χ2v) is 7.89. The first-order chi connectivity index (χ1) is 16.1. The largest absolute Gasteiger partial charge is 0.481 e. The Kier molecular flexibility index (Phi) is 5.47. The number of hydrogen-bond acceptors (Lipinski definition) is 7. The molecule has 4 aromatic heterocycles. The summed E-state index contributed by atoms with van der Waals surface area (Å²) in [5, 5.41) is 3.87. The van der Waals surface area contributed by atoms with Crippen molar-refractivity contribution < 1.29 is 9.53 Å². The van der Waals surface area contributed by atoms with E-state index in [1.54, 1.807) is 44.2 Å². The average Bonchev–Trinajstić information content (AvgIpc) is 3.29. The normalized spacial score (nSPS) is 16.1. The molecule has 33 heavy (non-hydrogen) atoms. The van der Waals surface area contributed by atoms with Crippen LogP contribution in [0.3, 0.4) is 0 Å². The molecule has 1 aliphatic heterocycles. The zero-order valence-corrected chi connectivity index (χ0v) is 18.4. The number of piperazine rings is 1. The lowest BCUT2D eigenvalue weighted by atomic mass is 10.1. The smallest absolute Gasteiger partial charge is 0.322 e. The lowest BCUT2D eigenvalue weighted by Crippen LogP contribution is -2.55. The van der Waals surface area contributed by atoms with Crippen LogP contribution >= 0.6 is 0 Å². The van der Waals surface area contributed by atoms with Crippen molar-refractivity contribution in [3.05, 3.63) is 55.2 Å². The second kappa shape index (κ2) is 8.73. The standard InChI is InChI=1S/C23H24N8O2/c1-15-13-30(9-10-31(15)23(32)28-17-3-4-20(33-2)25-12-17)22-18-11-19(16-5-7-24-8-6-16)29-21(18)26-14-27-22/h3-8,11-12,14-15H,9-10,13H2,1-2H3,(H,28,32)(H,26,27,29)/t15-/m1/s1. The lowest BCUT2D eigenvalue weighted by molar-refractivity contribution is 0.184. The van der Waals surface area contributed by atoms with Gasteiger partial charge in [0.1, 0.15) is 17.8 Å². The van der Waals surface area contributed by atoms with Crippen molar-refractivity contribution in [2.24, 2.45) is 0 Å². The summed E-state index contributed by atoms with van der Waals surface area (Å²) in [5.74, 6) is 1.37. The number of aromatic amines is 1. The van der Waals surface area contributed by atoms with Gasteiger partial charge in [-0.05, 0) is 31.2 Å². The number of methoxy groups -OCH3 is 1. The molecule has 1 aliphatic rings. The molecule has 10 nitrogen and oxygen atoms in total. The number of carbonyl (C=O) groups is 1. The van der Waals surface area contributed by atoms with Crippen LogP contribution in [0.25, 0.3) is 22.3 Å². The third-order valence-electron chi connectivity index (χ3n) is 5.78. The van der Waals surface area contributed by atoms with Crippen LogP contribution in [0.5, 0.6) is 5.88 Å². The maximum absolute atomic E-state index is 12.8. The van der Waals surface area contributed by atoms with E-state index in [1.807, 2.05) is 24.0 Å². The highest BCUT2D eigenvalue weighted by molar-refractivity contribution is 5.92. The van der Waals surface area contributed by atoms with Crippen LogP contribution in [0.1, 0.15) is 6.92 Å².